The van der Waals surface area contributed by atoms with Gasteiger partial charge in [0.05, 0.1) is 0 Å². The second kappa shape index (κ2) is 6.51. The van der Waals surface area contributed by atoms with Crippen molar-refractivity contribution in [3.8, 4) is 0 Å². The molecular weight excluding hydrogens is 300 g/mol. The average Bonchev–Trinajstić information content (AvgIpc) is 2.85. The van der Waals surface area contributed by atoms with Crippen molar-refractivity contribution in [2.45, 2.75) is 77.9 Å². The van der Waals surface area contributed by atoms with E-state index in [1.54, 1.807) is 0 Å². The number of fused-ring (bicyclic) bond motifs is 1. The Morgan fingerprint density at radius 1 is 1.29 bits per heavy atom. The van der Waals surface area contributed by atoms with E-state index in [9.17, 15) is 9.90 Å². The number of Topliss-reactive ketones (excluding diaryl/α,β-unsaturated/α-hetero) is 1. The first kappa shape index (κ1) is 17.5. The second-order valence-corrected chi connectivity index (χ2v) is 8.16. The molecule has 0 radical (unpaired) electrons. The van der Waals surface area contributed by atoms with Crippen LogP contribution in [0, 0.1) is 11.8 Å². The van der Waals surface area contributed by atoms with Crippen molar-refractivity contribution in [2.24, 2.45) is 11.8 Å². The molecule has 1 saturated carbocycles. The summed E-state index contributed by atoms with van der Waals surface area (Å²) in [5, 5.41) is 9.91. The van der Waals surface area contributed by atoms with E-state index in [0.29, 0.717) is 24.7 Å². The Balaban J connectivity index is 1.82. The van der Waals surface area contributed by atoms with Crippen LogP contribution in [0.2, 0.25) is 0 Å². The summed E-state index contributed by atoms with van der Waals surface area (Å²) in [5.41, 5.74) is 3.36. The Labute approximate surface area is 145 Å². The molecule has 0 saturated heterocycles. The monoisotopic (exact) mass is 330 g/mol. The summed E-state index contributed by atoms with van der Waals surface area (Å²) >= 11 is 0. The summed E-state index contributed by atoms with van der Waals surface area (Å²) in [6.07, 6.45) is 8.85. The molecule has 1 aliphatic heterocycles. The van der Waals surface area contributed by atoms with Crippen molar-refractivity contribution in [1.82, 2.24) is 0 Å². The summed E-state index contributed by atoms with van der Waals surface area (Å²) in [4.78, 5) is 12.4. The molecule has 0 amide bonds. The minimum Gasteiger partial charge on any atom is -0.491 e. The summed E-state index contributed by atoms with van der Waals surface area (Å²) in [6.45, 7) is 8.68. The first-order chi connectivity index (χ1) is 11.3. The Hall–Kier alpha value is -1.35. The molecule has 24 heavy (non-hydrogen) atoms. The molecule has 4 unspecified atom stereocenters. The van der Waals surface area contributed by atoms with Gasteiger partial charge in [-0.05, 0) is 65.7 Å². The lowest BCUT2D eigenvalue weighted by Crippen LogP contribution is -2.43. The van der Waals surface area contributed by atoms with Gasteiger partial charge >= 0.3 is 0 Å². The van der Waals surface area contributed by atoms with E-state index in [-0.39, 0.29) is 11.4 Å². The number of hydrogen-bond donors (Lipinski definition) is 1. The number of rotatable bonds is 3. The standard InChI is InChI=1S/C21H30O3/c1-13(2)6-5-7-14(3)15-10-11-21(4)17(15)12-16-19(24-21)9-8-18(22)20(16)23/h6-7,15,17-18,22H,5,8-12H2,1-4H3/b14-7+. The first-order valence-electron chi connectivity index (χ1n) is 9.25. The highest BCUT2D eigenvalue weighted by molar-refractivity contribution is 6.00. The van der Waals surface area contributed by atoms with Crippen LogP contribution in [0.25, 0.3) is 0 Å². The zero-order valence-electron chi connectivity index (χ0n) is 15.4. The lowest BCUT2D eigenvalue weighted by Gasteiger charge is -2.43. The molecule has 132 valence electrons. The molecule has 1 N–H and O–H groups in total. The molecule has 4 atom stereocenters. The zero-order valence-corrected chi connectivity index (χ0v) is 15.4. The van der Waals surface area contributed by atoms with Crippen LogP contribution in [0.1, 0.15) is 66.2 Å². The van der Waals surface area contributed by atoms with Gasteiger partial charge in [0.15, 0.2) is 5.78 Å². The van der Waals surface area contributed by atoms with Gasteiger partial charge in [-0.2, -0.15) is 0 Å². The third-order valence-corrected chi connectivity index (χ3v) is 6.13. The van der Waals surface area contributed by atoms with Gasteiger partial charge < -0.3 is 9.84 Å². The van der Waals surface area contributed by atoms with Gasteiger partial charge in [0.2, 0.25) is 0 Å². The van der Waals surface area contributed by atoms with Crippen LogP contribution in [-0.2, 0) is 9.53 Å². The molecule has 0 aromatic rings. The minimum absolute atomic E-state index is 0.102. The summed E-state index contributed by atoms with van der Waals surface area (Å²) in [5.74, 6) is 1.57. The van der Waals surface area contributed by atoms with Gasteiger partial charge in [-0.3, -0.25) is 4.79 Å². The Morgan fingerprint density at radius 3 is 2.75 bits per heavy atom. The number of aliphatic hydroxyl groups is 1. The smallest absolute Gasteiger partial charge is 0.190 e. The second-order valence-electron chi connectivity index (χ2n) is 8.16. The molecule has 3 nitrogen and oxygen atoms in total. The highest BCUT2D eigenvalue weighted by atomic mass is 16.5. The van der Waals surface area contributed by atoms with Crippen LogP contribution >= 0.6 is 0 Å². The number of hydrogen-bond acceptors (Lipinski definition) is 3. The molecule has 3 aliphatic rings. The van der Waals surface area contributed by atoms with E-state index >= 15 is 0 Å². The number of ketones is 1. The SMILES string of the molecule is CC(C)=CC/C=C(\C)C1CCC2(C)OC3=C(CC12)C(=O)C(O)CC3. The predicted molar refractivity (Wildman–Crippen MR) is 95.4 cm³/mol. The number of carbonyl (C=O) groups excluding carboxylic acids is 1. The van der Waals surface area contributed by atoms with Crippen molar-refractivity contribution in [2.75, 3.05) is 0 Å². The van der Waals surface area contributed by atoms with Crippen LogP contribution in [-0.4, -0.2) is 22.6 Å². The fourth-order valence-corrected chi connectivity index (χ4v) is 4.63. The van der Waals surface area contributed by atoms with Crippen LogP contribution in [0.5, 0.6) is 0 Å². The summed E-state index contributed by atoms with van der Waals surface area (Å²) in [6, 6.07) is 0. The summed E-state index contributed by atoms with van der Waals surface area (Å²) < 4.78 is 6.35. The molecule has 0 aromatic heterocycles. The van der Waals surface area contributed by atoms with Crippen LogP contribution in [0.4, 0.5) is 0 Å². The van der Waals surface area contributed by atoms with Crippen LogP contribution in [0.15, 0.2) is 34.6 Å². The summed E-state index contributed by atoms with van der Waals surface area (Å²) in [7, 11) is 0. The van der Waals surface area contributed by atoms with Crippen molar-refractivity contribution >= 4 is 5.78 Å². The third-order valence-electron chi connectivity index (χ3n) is 6.13. The van der Waals surface area contributed by atoms with E-state index in [1.165, 1.54) is 11.1 Å². The number of carbonyl (C=O) groups is 1. The fourth-order valence-electron chi connectivity index (χ4n) is 4.63. The van der Waals surface area contributed by atoms with Gasteiger partial charge in [0.25, 0.3) is 0 Å². The zero-order chi connectivity index (χ0) is 17.5. The highest BCUT2D eigenvalue weighted by Gasteiger charge is 2.52. The van der Waals surface area contributed by atoms with Crippen molar-refractivity contribution in [1.29, 1.82) is 0 Å². The molecule has 1 heterocycles. The number of aliphatic hydroxyl groups excluding tert-OH is 1. The number of allylic oxidation sites excluding steroid dienone is 5. The van der Waals surface area contributed by atoms with E-state index in [2.05, 4.69) is 39.8 Å². The highest BCUT2D eigenvalue weighted by Crippen LogP contribution is 2.53. The molecule has 2 aliphatic carbocycles. The molecule has 3 rings (SSSR count). The maximum absolute atomic E-state index is 12.4. The maximum atomic E-state index is 12.4. The predicted octanol–water partition coefficient (Wildman–Crippen LogP) is 4.47. The van der Waals surface area contributed by atoms with Gasteiger partial charge in [0.1, 0.15) is 17.5 Å². The Bertz CT molecular complexity index is 621. The molecule has 3 heteroatoms. The lowest BCUT2D eigenvalue weighted by molar-refractivity contribution is -0.128. The largest absolute Gasteiger partial charge is 0.491 e. The van der Waals surface area contributed by atoms with Crippen molar-refractivity contribution in [3.05, 3.63) is 34.6 Å². The first-order valence-corrected chi connectivity index (χ1v) is 9.25. The molecule has 1 fully saturated rings. The van der Waals surface area contributed by atoms with E-state index < -0.39 is 6.10 Å². The van der Waals surface area contributed by atoms with Crippen molar-refractivity contribution < 1.29 is 14.6 Å². The molecule has 0 bridgehead atoms. The third kappa shape index (κ3) is 3.11. The molecule has 0 spiro atoms. The number of ether oxygens (including phenoxy) is 1. The maximum Gasteiger partial charge on any atom is 0.190 e. The van der Waals surface area contributed by atoms with Crippen molar-refractivity contribution in [3.63, 3.8) is 0 Å². The Kier molecular flexibility index (Phi) is 4.74. The van der Waals surface area contributed by atoms with Crippen LogP contribution < -0.4 is 0 Å². The Morgan fingerprint density at radius 2 is 2.04 bits per heavy atom. The minimum atomic E-state index is -0.828. The van der Waals surface area contributed by atoms with E-state index in [4.69, 9.17) is 4.74 Å². The molecule has 0 aromatic carbocycles. The van der Waals surface area contributed by atoms with E-state index in [1.807, 2.05) is 0 Å². The normalized spacial score (nSPS) is 36.1. The van der Waals surface area contributed by atoms with Gasteiger partial charge in [0, 0.05) is 17.9 Å². The topological polar surface area (TPSA) is 46.5 Å². The molecular formula is C21H30O3. The fraction of sp³-hybridized carbons (Fsp3) is 0.667. The van der Waals surface area contributed by atoms with Gasteiger partial charge in [-0.15, -0.1) is 0 Å². The lowest BCUT2D eigenvalue weighted by atomic mass is 9.74. The van der Waals surface area contributed by atoms with Gasteiger partial charge in [-0.1, -0.05) is 23.3 Å². The quantitative estimate of drug-likeness (QED) is 0.777. The van der Waals surface area contributed by atoms with Crippen LogP contribution in [0.3, 0.4) is 0 Å². The van der Waals surface area contributed by atoms with Gasteiger partial charge in [-0.25, -0.2) is 0 Å². The van der Waals surface area contributed by atoms with E-state index in [0.717, 1.165) is 37.0 Å². The average molecular weight is 330 g/mol.